The summed E-state index contributed by atoms with van der Waals surface area (Å²) in [6.45, 7) is 1.86. The summed E-state index contributed by atoms with van der Waals surface area (Å²) in [5.74, 6) is 0.392. The van der Waals surface area contributed by atoms with E-state index in [0.29, 0.717) is 10.7 Å². The van der Waals surface area contributed by atoms with Crippen LogP contribution < -0.4 is 5.32 Å². The summed E-state index contributed by atoms with van der Waals surface area (Å²) in [6.07, 6.45) is 0. The number of rotatable bonds is 5. The van der Waals surface area contributed by atoms with Crippen LogP contribution in [0.3, 0.4) is 0 Å². The number of fused-ring (bicyclic) bond motifs is 1. The minimum Gasteiger partial charge on any atom is -0.459 e. The van der Waals surface area contributed by atoms with Crippen molar-refractivity contribution in [1.29, 1.82) is 0 Å². The lowest BCUT2D eigenvalue weighted by Gasteiger charge is -2.11. The van der Waals surface area contributed by atoms with Crippen LogP contribution in [0.15, 0.2) is 63.9 Å². The van der Waals surface area contributed by atoms with Crippen molar-refractivity contribution in [3.8, 4) is 0 Å². The summed E-state index contributed by atoms with van der Waals surface area (Å²) < 4.78 is 19.2. The molecule has 0 saturated heterocycles. The third kappa shape index (κ3) is 3.74. The second-order valence-electron chi connectivity index (χ2n) is 5.19. The maximum atomic E-state index is 13.5. The molecule has 3 aromatic rings. The highest BCUT2D eigenvalue weighted by atomic mass is 32.2. The molecule has 0 aliphatic heterocycles. The Morgan fingerprint density at radius 2 is 1.96 bits per heavy atom. The summed E-state index contributed by atoms with van der Waals surface area (Å²) in [5.41, 5.74) is 0.796. The first kappa shape index (κ1) is 15.6. The maximum absolute atomic E-state index is 13.5. The number of nitrogens with one attached hydrogen (secondary N) is 1. The first-order valence-electron chi connectivity index (χ1n) is 7.28. The lowest BCUT2D eigenvalue weighted by atomic mass is 10.2. The third-order valence-corrected chi connectivity index (χ3v) is 4.49. The van der Waals surface area contributed by atoms with E-state index in [2.05, 4.69) is 5.32 Å². The Balaban J connectivity index is 1.60. The standard InChI is InChI=1S/C18H16FNO2S/c1-12(16-10-13-6-2-4-8-15(13)22-16)20-18(21)11-23-17-9-5-3-7-14(17)19/h2-10,12H,11H2,1H3,(H,20,21). The SMILES string of the molecule is CC(NC(=O)CSc1ccccc1F)c1cc2ccccc2o1. The second-order valence-corrected chi connectivity index (χ2v) is 6.21. The Morgan fingerprint density at radius 3 is 2.74 bits per heavy atom. The number of hydrogen-bond acceptors (Lipinski definition) is 3. The van der Waals surface area contributed by atoms with Crippen LogP contribution in [0.25, 0.3) is 11.0 Å². The summed E-state index contributed by atoms with van der Waals surface area (Å²) in [6, 6.07) is 15.8. The van der Waals surface area contributed by atoms with Gasteiger partial charge in [0, 0.05) is 10.3 Å². The molecule has 1 unspecified atom stereocenters. The van der Waals surface area contributed by atoms with E-state index in [-0.39, 0.29) is 23.5 Å². The van der Waals surface area contributed by atoms with Crippen molar-refractivity contribution < 1.29 is 13.6 Å². The highest BCUT2D eigenvalue weighted by Crippen LogP contribution is 2.24. The quantitative estimate of drug-likeness (QED) is 0.699. The van der Waals surface area contributed by atoms with Gasteiger partial charge in [0.15, 0.2) is 0 Å². The molecule has 23 heavy (non-hydrogen) atoms. The van der Waals surface area contributed by atoms with Crippen molar-refractivity contribution in [2.24, 2.45) is 0 Å². The molecule has 1 atom stereocenters. The minimum atomic E-state index is -0.310. The zero-order valence-electron chi connectivity index (χ0n) is 12.6. The Hall–Kier alpha value is -2.27. The molecule has 5 heteroatoms. The number of amides is 1. The van der Waals surface area contributed by atoms with Gasteiger partial charge in [-0.15, -0.1) is 11.8 Å². The largest absolute Gasteiger partial charge is 0.459 e. The van der Waals surface area contributed by atoms with E-state index in [1.807, 2.05) is 37.3 Å². The van der Waals surface area contributed by atoms with E-state index in [1.54, 1.807) is 18.2 Å². The van der Waals surface area contributed by atoms with Crippen molar-refractivity contribution in [2.45, 2.75) is 17.9 Å². The number of halogens is 1. The molecule has 0 spiro atoms. The highest BCUT2D eigenvalue weighted by Gasteiger charge is 2.14. The lowest BCUT2D eigenvalue weighted by Crippen LogP contribution is -2.27. The van der Waals surface area contributed by atoms with E-state index < -0.39 is 0 Å². The van der Waals surface area contributed by atoms with Gasteiger partial charge in [-0.25, -0.2) is 4.39 Å². The summed E-state index contributed by atoms with van der Waals surface area (Å²) >= 11 is 1.18. The van der Waals surface area contributed by atoms with E-state index in [1.165, 1.54) is 17.8 Å². The number of benzene rings is 2. The van der Waals surface area contributed by atoms with Crippen molar-refractivity contribution in [3.63, 3.8) is 0 Å². The van der Waals surface area contributed by atoms with E-state index in [0.717, 1.165) is 11.0 Å². The first-order valence-corrected chi connectivity index (χ1v) is 8.27. The van der Waals surface area contributed by atoms with Crippen LogP contribution in [0.5, 0.6) is 0 Å². The minimum absolute atomic E-state index is 0.158. The average molecular weight is 329 g/mol. The zero-order chi connectivity index (χ0) is 16.2. The number of carbonyl (C=O) groups excluding carboxylic acids is 1. The van der Waals surface area contributed by atoms with Crippen LogP contribution >= 0.6 is 11.8 Å². The van der Waals surface area contributed by atoms with Crippen LogP contribution in [0.4, 0.5) is 4.39 Å². The predicted molar refractivity (Wildman–Crippen MR) is 89.9 cm³/mol. The maximum Gasteiger partial charge on any atom is 0.230 e. The topological polar surface area (TPSA) is 42.2 Å². The third-order valence-electron chi connectivity index (χ3n) is 3.44. The molecule has 1 heterocycles. The molecule has 0 aliphatic carbocycles. The number of hydrogen-bond donors (Lipinski definition) is 1. The van der Waals surface area contributed by atoms with Gasteiger partial charge in [0.05, 0.1) is 11.8 Å². The van der Waals surface area contributed by atoms with Crippen LogP contribution in [0.1, 0.15) is 18.7 Å². The fourth-order valence-electron chi connectivity index (χ4n) is 2.28. The molecule has 0 aliphatic rings. The van der Waals surface area contributed by atoms with Crippen molar-refractivity contribution >= 4 is 28.6 Å². The van der Waals surface area contributed by atoms with E-state index >= 15 is 0 Å². The van der Waals surface area contributed by atoms with Gasteiger partial charge in [-0.05, 0) is 31.2 Å². The predicted octanol–water partition coefficient (Wildman–Crippen LogP) is 4.54. The van der Waals surface area contributed by atoms with Gasteiger partial charge >= 0.3 is 0 Å². The Bertz CT molecular complexity index is 798. The number of furan rings is 1. The molecule has 1 amide bonds. The monoisotopic (exact) mass is 329 g/mol. The second kappa shape index (κ2) is 6.87. The van der Waals surface area contributed by atoms with Crippen LogP contribution in [-0.2, 0) is 4.79 Å². The number of thioether (sulfide) groups is 1. The molecule has 0 radical (unpaired) electrons. The van der Waals surface area contributed by atoms with Crippen LogP contribution in [0, 0.1) is 5.82 Å². The fraction of sp³-hybridized carbons (Fsp3) is 0.167. The summed E-state index contributed by atoms with van der Waals surface area (Å²) in [4.78, 5) is 12.5. The van der Waals surface area contributed by atoms with Gasteiger partial charge < -0.3 is 9.73 Å². The molecule has 2 aromatic carbocycles. The Kier molecular flexibility index (Phi) is 4.67. The van der Waals surface area contributed by atoms with Gasteiger partial charge in [-0.1, -0.05) is 30.3 Å². The fourth-order valence-corrected chi connectivity index (χ4v) is 3.03. The van der Waals surface area contributed by atoms with Gasteiger partial charge in [0.1, 0.15) is 17.2 Å². The normalized spacial score (nSPS) is 12.3. The molecule has 3 rings (SSSR count). The van der Waals surface area contributed by atoms with Gasteiger partial charge in [0.25, 0.3) is 0 Å². The van der Waals surface area contributed by atoms with Crippen molar-refractivity contribution in [3.05, 3.63) is 66.2 Å². The first-order chi connectivity index (χ1) is 11.1. The molecular weight excluding hydrogens is 313 g/mol. The number of carbonyl (C=O) groups is 1. The molecule has 3 nitrogen and oxygen atoms in total. The number of para-hydroxylation sites is 1. The molecule has 0 bridgehead atoms. The molecular formula is C18H16FNO2S. The van der Waals surface area contributed by atoms with E-state index in [4.69, 9.17) is 4.42 Å². The van der Waals surface area contributed by atoms with Crippen LogP contribution in [-0.4, -0.2) is 11.7 Å². The zero-order valence-corrected chi connectivity index (χ0v) is 13.4. The van der Waals surface area contributed by atoms with Gasteiger partial charge in [-0.2, -0.15) is 0 Å². The Morgan fingerprint density at radius 1 is 1.22 bits per heavy atom. The smallest absolute Gasteiger partial charge is 0.230 e. The van der Waals surface area contributed by atoms with Crippen molar-refractivity contribution in [1.82, 2.24) is 5.32 Å². The molecule has 1 N–H and O–H groups in total. The van der Waals surface area contributed by atoms with E-state index in [9.17, 15) is 9.18 Å². The molecule has 0 saturated carbocycles. The van der Waals surface area contributed by atoms with Gasteiger partial charge in [0.2, 0.25) is 5.91 Å². The Labute approximate surface area is 137 Å². The highest BCUT2D eigenvalue weighted by molar-refractivity contribution is 8.00. The van der Waals surface area contributed by atoms with Gasteiger partial charge in [-0.3, -0.25) is 4.79 Å². The van der Waals surface area contributed by atoms with Crippen molar-refractivity contribution in [2.75, 3.05) is 5.75 Å². The van der Waals surface area contributed by atoms with Crippen LogP contribution in [0.2, 0.25) is 0 Å². The summed E-state index contributed by atoms with van der Waals surface area (Å²) in [7, 11) is 0. The molecule has 0 fully saturated rings. The molecule has 118 valence electrons. The molecule has 1 aromatic heterocycles. The summed E-state index contributed by atoms with van der Waals surface area (Å²) in [5, 5.41) is 3.87. The average Bonchev–Trinajstić information content (AvgIpc) is 2.98. The lowest BCUT2D eigenvalue weighted by molar-refractivity contribution is -0.119.